The lowest BCUT2D eigenvalue weighted by atomic mass is 9.70. The number of aromatic nitrogens is 2. The number of alkyl halides is 3. The fraction of sp³-hybridized carbons (Fsp3) is 0.440. The SMILES string of the molecule is COc1cc2c(cc1C(=O)O)nc(Nc1ccc(C(F)(F)F)cc1)n2[C@H]1C[C@@H](C)CC(C)(C)C1. The first-order valence-corrected chi connectivity index (χ1v) is 11.2. The second-order valence-electron chi connectivity index (χ2n) is 9.92. The Morgan fingerprint density at radius 3 is 2.44 bits per heavy atom. The van der Waals surface area contributed by atoms with Gasteiger partial charge in [-0.1, -0.05) is 20.8 Å². The molecule has 0 amide bonds. The number of hydrogen-bond donors (Lipinski definition) is 2. The van der Waals surface area contributed by atoms with Crippen LogP contribution in [0, 0.1) is 11.3 Å². The molecule has 1 aliphatic carbocycles. The molecule has 34 heavy (non-hydrogen) atoms. The largest absolute Gasteiger partial charge is 0.496 e. The molecule has 1 heterocycles. The second-order valence-corrected chi connectivity index (χ2v) is 9.92. The molecule has 1 fully saturated rings. The summed E-state index contributed by atoms with van der Waals surface area (Å²) in [5, 5.41) is 12.8. The summed E-state index contributed by atoms with van der Waals surface area (Å²) >= 11 is 0. The van der Waals surface area contributed by atoms with Gasteiger partial charge in [-0.25, -0.2) is 9.78 Å². The summed E-state index contributed by atoms with van der Waals surface area (Å²) < 4.78 is 46.3. The Morgan fingerprint density at radius 1 is 1.21 bits per heavy atom. The van der Waals surface area contributed by atoms with Crippen LogP contribution >= 0.6 is 0 Å². The number of aromatic carboxylic acids is 1. The zero-order chi connectivity index (χ0) is 24.8. The molecule has 0 bridgehead atoms. The Balaban J connectivity index is 1.84. The molecule has 1 aliphatic rings. The van der Waals surface area contributed by atoms with E-state index in [4.69, 9.17) is 4.74 Å². The Bertz CT molecular complexity index is 1220. The van der Waals surface area contributed by atoms with Crippen molar-refractivity contribution < 1.29 is 27.8 Å². The lowest BCUT2D eigenvalue weighted by Crippen LogP contribution is -2.29. The van der Waals surface area contributed by atoms with Crippen LogP contribution in [0.15, 0.2) is 36.4 Å². The van der Waals surface area contributed by atoms with Crippen molar-refractivity contribution in [3.8, 4) is 5.75 Å². The Morgan fingerprint density at radius 2 is 1.88 bits per heavy atom. The second kappa shape index (κ2) is 8.52. The first-order chi connectivity index (χ1) is 15.9. The number of nitrogens with zero attached hydrogens (tertiary/aromatic N) is 2. The van der Waals surface area contributed by atoms with Crippen LogP contribution in [0.5, 0.6) is 5.75 Å². The Hall–Kier alpha value is -3.23. The molecule has 2 N–H and O–H groups in total. The molecule has 9 heteroatoms. The summed E-state index contributed by atoms with van der Waals surface area (Å²) in [5.41, 5.74) is 1.01. The van der Waals surface area contributed by atoms with E-state index in [-0.39, 0.29) is 22.8 Å². The summed E-state index contributed by atoms with van der Waals surface area (Å²) in [5.74, 6) is 0.0166. The quantitative estimate of drug-likeness (QED) is 0.420. The van der Waals surface area contributed by atoms with Crippen LogP contribution in [0.4, 0.5) is 24.8 Å². The van der Waals surface area contributed by atoms with Gasteiger partial charge in [-0.2, -0.15) is 13.2 Å². The van der Waals surface area contributed by atoms with Crippen LogP contribution in [0.2, 0.25) is 0 Å². The van der Waals surface area contributed by atoms with Gasteiger partial charge < -0.3 is 19.7 Å². The minimum atomic E-state index is -4.42. The lowest BCUT2D eigenvalue weighted by Gasteiger charge is -2.40. The molecule has 6 nitrogen and oxygen atoms in total. The van der Waals surface area contributed by atoms with E-state index in [1.807, 2.05) is 4.57 Å². The molecule has 2 aromatic carbocycles. The van der Waals surface area contributed by atoms with Crippen LogP contribution in [0.25, 0.3) is 11.0 Å². The van der Waals surface area contributed by atoms with Crippen molar-refractivity contribution in [1.29, 1.82) is 0 Å². The number of carbonyl (C=O) groups is 1. The number of carboxylic acids is 1. The maximum atomic E-state index is 13.0. The van der Waals surface area contributed by atoms with Gasteiger partial charge in [0.25, 0.3) is 0 Å². The third-order valence-corrected chi connectivity index (χ3v) is 6.44. The van der Waals surface area contributed by atoms with E-state index >= 15 is 0 Å². The lowest BCUT2D eigenvalue weighted by molar-refractivity contribution is -0.137. The number of methoxy groups -OCH3 is 1. The number of halogens is 3. The molecule has 0 radical (unpaired) electrons. The smallest absolute Gasteiger partial charge is 0.416 e. The van der Waals surface area contributed by atoms with Crippen LogP contribution in [0.1, 0.15) is 62.0 Å². The fourth-order valence-corrected chi connectivity index (χ4v) is 5.28. The topological polar surface area (TPSA) is 76.4 Å². The number of nitrogens with one attached hydrogen (secondary N) is 1. The van der Waals surface area contributed by atoms with Crippen molar-refractivity contribution in [1.82, 2.24) is 9.55 Å². The Kier molecular flexibility index (Phi) is 5.99. The highest BCUT2D eigenvalue weighted by molar-refractivity contribution is 5.96. The van der Waals surface area contributed by atoms with Gasteiger partial charge in [0.15, 0.2) is 0 Å². The minimum absolute atomic E-state index is 0.00179. The van der Waals surface area contributed by atoms with Gasteiger partial charge in [0.1, 0.15) is 11.3 Å². The first kappa shape index (κ1) is 23.9. The van der Waals surface area contributed by atoms with Gasteiger partial charge in [0, 0.05) is 17.8 Å². The average molecular weight is 476 g/mol. The summed E-state index contributed by atoms with van der Waals surface area (Å²) in [6.07, 6.45) is -1.55. The number of carboxylic acid groups (broad SMARTS) is 1. The van der Waals surface area contributed by atoms with E-state index in [2.05, 4.69) is 31.1 Å². The van der Waals surface area contributed by atoms with Crippen LogP contribution in [-0.4, -0.2) is 27.7 Å². The van der Waals surface area contributed by atoms with Crippen molar-refractivity contribution in [2.24, 2.45) is 11.3 Å². The van der Waals surface area contributed by atoms with Crippen molar-refractivity contribution in [3.63, 3.8) is 0 Å². The van der Waals surface area contributed by atoms with Gasteiger partial charge >= 0.3 is 12.1 Å². The molecule has 4 rings (SSSR count). The van der Waals surface area contributed by atoms with Crippen molar-refractivity contribution in [3.05, 3.63) is 47.5 Å². The molecule has 0 saturated heterocycles. The summed E-state index contributed by atoms with van der Waals surface area (Å²) in [7, 11) is 1.42. The summed E-state index contributed by atoms with van der Waals surface area (Å²) in [4.78, 5) is 16.4. The molecule has 0 aliphatic heterocycles. The number of ether oxygens (including phenoxy) is 1. The van der Waals surface area contributed by atoms with Gasteiger partial charge in [0.2, 0.25) is 5.95 Å². The zero-order valence-corrected chi connectivity index (χ0v) is 19.5. The van der Waals surface area contributed by atoms with Crippen LogP contribution in [0.3, 0.4) is 0 Å². The van der Waals surface area contributed by atoms with E-state index in [9.17, 15) is 23.1 Å². The molecule has 0 unspecified atom stereocenters. The molecule has 182 valence electrons. The number of fused-ring (bicyclic) bond motifs is 1. The molecule has 2 atom stereocenters. The van der Waals surface area contributed by atoms with Gasteiger partial charge in [0.05, 0.1) is 23.7 Å². The van der Waals surface area contributed by atoms with Gasteiger partial charge in [-0.05, 0) is 60.9 Å². The predicted molar refractivity (Wildman–Crippen MR) is 124 cm³/mol. The van der Waals surface area contributed by atoms with E-state index in [0.717, 1.165) is 31.4 Å². The van der Waals surface area contributed by atoms with Crippen LogP contribution in [-0.2, 0) is 6.18 Å². The predicted octanol–water partition coefficient (Wildman–Crippen LogP) is 6.89. The van der Waals surface area contributed by atoms with Gasteiger partial charge in [-0.3, -0.25) is 0 Å². The van der Waals surface area contributed by atoms with E-state index < -0.39 is 17.7 Å². The van der Waals surface area contributed by atoms with Crippen molar-refractivity contribution in [2.45, 2.75) is 52.3 Å². The van der Waals surface area contributed by atoms with Crippen molar-refractivity contribution in [2.75, 3.05) is 12.4 Å². The molecular weight excluding hydrogens is 447 g/mol. The molecule has 0 spiro atoms. The maximum Gasteiger partial charge on any atom is 0.416 e. The highest BCUT2D eigenvalue weighted by Gasteiger charge is 2.35. The first-order valence-electron chi connectivity index (χ1n) is 11.2. The zero-order valence-electron chi connectivity index (χ0n) is 19.5. The number of anilines is 2. The highest BCUT2D eigenvalue weighted by atomic mass is 19.4. The van der Waals surface area contributed by atoms with Crippen LogP contribution < -0.4 is 10.1 Å². The monoisotopic (exact) mass is 475 g/mol. The van der Waals surface area contributed by atoms with Gasteiger partial charge in [-0.15, -0.1) is 0 Å². The molecular formula is C25H28F3N3O3. The normalized spacial score (nSPS) is 20.3. The maximum absolute atomic E-state index is 13.0. The minimum Gasteiger partial charge on any atom is -0.496 e. The van der Waals surface area contributed by atoms with Crippen molar-refractivity contribution >= 4 is 28.6 Å². The number of benzene rings is 2. The number of rotatable bonds is 5. The fourth-order valence-electron chi connectivity index (χ4n) is 5.28. The molecule has 1 saturated carbocycles. The summed E-state index contributed by atoms with van der Waals surface area (Å²) in [6.45, 7) is 6.65. The molecule has 1 aromatic heterocycles. The summed E-state index contributed by atoms with van der Waals surface area (Å²) in [6, 6.07) is 7.99. The van der Waals surface area contributed by atoms with E-state index in [0.29, 0.717) is 28.6 Å². The van der Waals surface area contributed by atoms with E-state index in [1.54, 1.807) is 6.07 Å². The third kappa shape index (κ3) is 4.69. The number of imidazole rings is 1. The average Bonchev–Trinajstić information content (AvgIpc) is 3.07. The number of hydrogen-bond acceptors (Lipinski definition) is 4. The molecule has 3 aromatic rings. The standard InChI is InChI=1S/C25H28F3N3O3/c1-14-9-17(13-24(2,3)12-14)31-20-11-21(34-4)18(22(32)33)10-19(20)30-23(31)29-16-7-5-15(6-8-16)25(26,27)28/h5-8,10-11,14,17H,9,12-13H2,1-4H3,(H,29,30)(H,32,33)/t14-,17+/m1/s1. The Labute approximate surface area is 195 Å². The highest BCUT2D eigenvalue weighted by Crippen LogP contribution is 2.46. The third-order valence-electron chi connectivity index (χ3n) is 6.44. The van der Waals surface area contributed by atoms with E-state index in [1.165, 1.54) is 25.3 Å².